The first-order valence-electron chi connectivity index (χ1n) is 6.14. The molecule has 0 unspecified atom stereocenters. The van der Waals surface area contributed by atoms with Crippen LogP contribution in [0.4, 0.5) is 8.78 Å². The topological polar surface area (TPSA) is 20.2 Å². The van der Waals surface area contributed by atoms with Gasteiger partial charge in [0.1, 0.15) is 0 Å². The van der Waals surface area contributed by atoms with Crippen LogP contribution in [0.5, 0.6) is 0 Å². The highest BCUT2D eigenvalue weighted by Gasteiger charge is 2.38. The predicted octanol–water partition coefficient (Wildman–Crippen LogP) is 3.60. The molecule has 1 N–H and O–H groups in total. The molecule has 2 rings (SSSR count). The summed E-state index contributed by atoms with van der Waals surface area (Å²) < 4.78 is 26.9. The molecule has 1 aliphatic carbocycles. The van der Waals surface area contributed by atoms with Crippen molar-refractivity contribution in [1.82, 2.24) is 0 Å². The number of hydrogen-bond donors (Lipinski definition) is 1. The Morgan fingerprint density at radius 3 is 2.18 bits per heavy atom. The summed E-state index contributed by atoms with van der Waals surface area (Å²) in [4.78, 5) is 0. The van der Waals surface area contributed by atoms with Gasteiger partial charge >= 0.3 is 0 Å². The molecule has 1 aliphatic rings. The molecule has 3 heteroatoms. The Morgan fingerprint density at radius 1 is 1.24 bits per heavy atom. The maximum atomic E-state index is 13.4. The highest BCUT2D eigenvalue weighted by Crippen LogP contribution is 2.43. The van der Waals surface area contributed by atoms with Gasteiger partial charge in [0.25, 0.3) is 5.92 Å². The van der Waals surface area contributed by atoms with Crippen LogP contribution in [-0.4, -0.2) is 11.7 Å². The van der Waals surface area contributed by atoms with Crippen molar-refractivity contribution < 1.29 is 13.9 Å². The molecule has 1 nitrogen and oxygen atoms in total. The van der Waals surface area contributed by atoms with Gasteiger partial charge in [0.15, 0.2) is 0 Å². The lowest BCUT2D eigenvalue weighted by molar-refractivity contribution is -0.00835. The second-order valence-electron chi connectivity index (χ2n) is 4.93. The fraction of sp³-hybridized carbons (Fsp3) is 0.571. The zero-order valence-electron chi connectivity index (χ0n) is 10.0. The molecule has 1 aromatic carbocycles. The number of hydrogen-bond acceptors (Lipinski definition) is 1. The second kappa shape index (κ2) is 4.37. The molecule has 1 fully saturated rings. The lowest BCUT2D eigenvalue weighted by Gasteiger charge is -2.41. The SMILES string of the molecule is CCC(F)(F)c1ccc(C2(CO)CCC2)cc1. The summed E-state index contributed by atoms with van der Waals surface area (Å²) in [5.74, 6) is -2.75. The zero-order valence-corrected chi connectivity index (χ0v) is 10.0. The van der Waals surface area contributed by atoms with Crippen molar-refractivity contribution in [3.8, 4) is 0 Å². The Balaban J connectivity index is 2.24. The molecule has 1 saturated carbocycles. The van der Waals surface area contributed by atoms with Gasteiger partial charge in [-0.25, -0.2) is 8.78 Å². The van der Waals surface area contributed by atoms with E-state index in [9.17, 15) is 13.9 Å². The predicted molar refractivity (Wildman–Crippen MR) is 63.2 cm³/mol. The third kappa shape index (κ3) is 2.08. The van der Waals surface area contributed by atoms with Crippen LogP contribution in [0.15, 0.2) is 24.3 Å². The molecule has 17 heavy (non-hydrogen) atoms. The first-order chi connectivity index (χ1) is 8.04. The summed E-state index contributed by atoms with van der Waals surface area (Å²) in [6.07, 6.45) is 2.82. The maximum Gasteiger partial charge on any atom is 0.273 e. The van der Waals surface area contributed by atoms with Gasteiger partial charge in [-0.3, -0.25) is 0 Å². The number of aliphatic hydroxyl groups is 1. The van der Waals surface area contributed by atoms with Crippen LogP contribution < -0.4 is 0 Å². The van der Waals surface area contributed by atoms with Crippen LogP contribution in [0.3, 0.4) is 0 Å². The van der Waals surface area contributed by atoms with Gasteiger partial charge in [-0.1, -0.05) is 37.6 Å². The van der Waals surface area contributed by atoms with Gasteiger partial charge in [-0.2, -0.15) is 0 Å². The standard InChI is InChI=1S/C14H18F2O/c1-2-14(15,16)12-6-4-11(5-7-12)13(10-17)8-3-9-13/h4-7,17H,2-3,8-10H2,1H3. The summed E-state index contributed by atoms with van der Waals surface area (Å²) >= 11 is 0. The van der Waals surface area contributed by atoms with E-state index in [1.165, 1.54) is 19.1 Å². The normalized spacial score (nSPS) is 18.8. The number of benzene rings is 1. The van der Waals surface area contributed by atoms with Crippen molar-refractivity contribution in [2.24, 2.45) is 0 Å². The number of alkyl halides is 2. The van der Waals surface area contributed by atoms with E-state index in [4.69, 9.17) is 0 Å². The summed E-state index contributed by atoms with van der Waals surface area (Å²) in [7, 11) is 0. The van der Waals surface area contributed by atoms with E-state index in [1.807, 2.05) is 0 Å². The molecule has 1 aromatic rings. The van der Waals surface area contributed by atoms with Crippen LogP contribution in [0.2, 0.25) is 0 Å². The van der Waals surface area contributed by atoms with Crippen LogP contribution >= 0.6 is 0 Å². The zero-order chi connectivity index (χ0) is 12.5. The van der Waals surface area contributed by atoms with E-state index in [1.54, 1.807) is 12.1 Å². The number of rotatable bonds is 4. The van der Waals surface area contributed by atoms with Gasteiger partial charge in [0.05, 0.1) is 6.61 Å². The van der Waals surface area contributed by atoms with Crippen molar-refractivity contribution in [2.75, 3.05) is 6.61 Å². The first kappa shape index (κ1) is 12.5. The van der Waals surface area contributed by atoms with Crippen molar-refractivity contribution >= 4 is 0 Å². The van der Waals surface area contributed by atoms with Crippen LogP contribution in [0, 0.1) is 0 Å². The maximum absolute atomic E-state index is 13.4. The van der Waals surface area contributed by atoms with Crippen LogP contribution in [0.25, 0.3) is 0 Å². The average molecular weight is 240 g/mol. The molecule has 0 amide bonds. The lowest BCUT2D eigenvalue weighted by atomic mass is 9.65. The molecule has 0 radical (unpaired) electrons. The van der Waals surface area contributed by atoms with Crippen molar-refractivity contribution in [2.45, 2.75) is 43.9 Å². The van der Waals surface area contributed by atoms with Gasteiger partial charge in [0, 0.05) is 17.4 Å². The summed E-state index contributed by atoms with van der Waals surface area (Å²) in [5.41, 5.74) is 0.887. The van der Waals surface area contributed by atoms with Gasteiger partial charge in [-0.15, -0.1) is 0 Å². The Morgan fingerprint density at radius 2 is 1.82 bits per heavy atom. The van der Waals surface area contributed by atoms with Crippen molar-refractivity contribution in [3.63, 3.8) is 0 Å². The molecule has 94 valence electrons. The molecule has 0 bridgehead atoms. The smallest absolute Gasteiger partial charge is 0.273 e. The summed E-state index contributed by atoms with van der Waals surface area (Å²) in [6, 6.07) is 6.48. The lowest BCUT2D eigenvalue weighted by Crippen LogP contribution is -2.37. The van der Waals surface area contributed by atoms with E-state index in [0.717, 1.165) is 24.8 Å². The van der Waals surface area contributed by atoms with Crippen molar-refractivity contribution in [3.05, 3.63) is 35.4 Å². The quantitative estimate of drug-likeness (QED) is 0.852. The average Bonchev–Trinajstić information content (AvgIpc) is 2.29. The Bertz CT molecular complexity index is 374. The van der Waals surface area contributed by atoms with Gasteiger partial charge in [0.2, 0.25) is 0 Å². The molecular formula is C14H18F2O. The Hall–Kier alpha value is -0.960. The van der Waals surface area contributed by atoms with E-state index in [0.29, 0.717) is 0 Å². The first-order valence-corrected chi connectivity index (χ1v) is 6.14. The highest BCUT2D eigenvalue weighted by atomic mass is 19.3. The van der Waals surface area contributed by atoms with Crippen LogP contribution in [-0.2, 0) is 11.3 Å². The molecular weight excluding hydrogens is 222 g/mol. The number of halogens is 2. The molecule has 0 saturated heterocycles. The molecule has 0 spiro atoms. The highest BCUT2D eigenvalue weighted by molar-refractivity contribution is 5.33. The van der Waals surface area contributed by atoms with E-state index in [2.05, 4.69) is 0 Å². The minimum absolute atomic E-state index is 0.0659. The van der Waals surface area contributed by atoms with E-state index < -0.39 is 5.92 Å². The Labute approximate surface area is 100 Å². The molecule has 0 heterocycles. The minimum atomic E-state index is -2.75. The van der Waals surface area contributed by atoms with Crippen LogP contribution in [0.1, 0.15) is 43.7 Å². The largest absolute Gasteiger partial charge is 0.395 e. The minimum Gasteiger partial charge on any atom is -0.395 e. The number of aliphatic hydroxyl groups excluding tert-OH is 1. The van der Waals surface area contributed by atoms with Gasteiger partial charge < -0.3 is 5.11 Å². The third-order valence-corrected chi connectivity index (χ3v) is 3.98. The van der Waals surface area contributed by atoms with Crippen molar-refractivity contribution in [1.29, 1.82) is 0 Å². The molecule has 0 aromatic heterocycles. The third-order valence-electron chi connectivity index (χ3n) is 3.98. The van der Waals surface area contributed by atoms with E-state index in [-0.39, 0.29) is 24.0 Å². The second-order valence-corrected chi connectivity index (χ2v) is 4.93. The van der Waals surface area contributed by atoms with Gasteiger partial charge in [-0.05, 0) is 18.4 Å². The monoisotopic (exact) mass is 240 g/mol. The fourth-order valence-corrected chi connectivity index (χ4v) is 2.41. The Kier molecular flexibility index (Phi) is 3.21. The summed E-state index contributed by atoms with van der Waals surface area (Å²) in [5, 5.41) is 9.42. The summed E-state index contributed by atoms with van der Waals surface area (Å²) in [6.45, 7) is 1.59. The molecule has 0 aliphatic heterocycles. The molecule has 0 atom stereocenters. The fourth-order valence-electron chi connectivity index (χ4n) is 2.41. The van der Waals surface area contributed by atoms with E-state index >= 15 is 0 Å².